The van der Waals surface area contributed by atoms with Crippen molar-refractivity contribution < 1.29 is 4.79 Å². The second-order valence-electron chi connectivity index (χ2n) is 6.14. The van der Waals surface area contributed by atoms with E-state index in [-0.39, 0.29) is 11.5 Å². The van der Waals surface area contributed by atoms with Crippen LogP contribution in [-0.4, -0.2) is 31.3 Å². The number of amides is 1. The molecule has 0 radical (unpaired) electrons. The molecule has 0 saturated heterocycles. The van der Waals surface area contributed by atoms with Gasteiger partial charge in [0.1, 0.15) is 5.82 Å². The molecule has 5 N–H and O–H groups in total. The highest BCUT2D eigenvalue weighted by Crippen LogP contribution is 2.36. The van der Waals surface area contributed by atoms with E-state index in [2.05, 4.69) is 30.7 Å². The highest BCUT2D eigenvalue weighted by atomic mass is 16.2. The molecule has 1 amide bonds. The molecule has 0 bridgehead atoms. The van der Waals surface area contributed by atoms with Gasteiger partial charge in [-0.25, -0.2) is 0 Å². The zero-order valence-corrected chi connectivity index (χ0v) is 13.1. The van der Waals surface area contributed by atoms with Crippen LogP contribution >= 0.6 is 0 Å². The first-order chi connectivity index (χ1) is 12.2. The summed E-state index contributed by atoms with van der Waals surface area (Å²) in [6.07, 6.45) is 3.69. The number of fused-ring (bicyclic) bond motifs is 5. The number of nitrogens with one attached hydrogen (secondary N) is 5. The number of hydrogen-bond acceptors (Lipinski definition) is 3. The molecule has 124 valence electrons. The fourth-order valence-electron chi connectivity index (χ4n) is 3.43. The molecule has 0 aliphatic heterocycles. The third-order valence-corrected chi connectivity index (χ3v) is 4.62. The van der Waals surface area contributed by atoms with Crippen molar-refractivity contribution in [3.63, 3.8) is 0 Å². The smallest absolute Gasteiger partial charge is 0.266 e. The van der Waals surface area contributed by atoms with E-state index in [1.807, 2.05) is 18.3 Å². The lowest BCUT2D eigenvalue weighted by Gasteiger charge is -2.11. The fraction of sp³-hybridized carbons (Fsp3) is 0.118. The zero-order chi connectivity index (χ0) is 17.0. The summed E-state index contributed by atoms with van der Waals surface area (Å²) in [5, 5.41) is 15.9. The van der Waals surface area contributed by atoms with Gasteiger partial charge in [0, 0.05) is 22.5 Å². The van der Waals surface area contributed by atoms with E-state index in [1.54, 1.807) is 6.07 Å². The van der Waals surface area contributed by atoms with Crippen LogP contribution in [0.5, 0.6) is 0 Å². The first-order valence-electron chi connectivity index (χ1n) is 7.95. The first kappa shape index (κ1) is 13.8. The number of nitrogens with zero attached hydrogens (tertiary/aromatic N) is 1. The Hall–Kier alpha value is -3.55. The number of rotatable bonds is 2. The van der Waals surface area contributed by atoms with Gasteiger partial charge in [0.15, 0.2) is 0 Å². The SMILES string of the molecule is O=C(Nc1cc(=O)[nH][nH]1)c1ccc2[nH]c3c(c2c1)CCc1cn[nH]c1-3. The number of aryl methyl sites for hydroxylation is 2. The van der Waals surface area contributed by atoms with Gasteiger partial charge in [0.25, 0.3) is 11.5 Å². The molecule has 3 heterocycles. The zero-order valence-electron chi connectivity index (χ0n) is 13.1. The Labute approximate surface area is 140 Å². The van der Waals surface area contributed by atoms with Crippen LogP contribution < -0.4 is 10.9 Å². The topological polar surface area (TPSA) is 122 Å². The molecular weight excluding hydrogens is 320 g/mol. The number of anilines is 1. The van der Waals surface area contributed by atoms with Crippen molar-refractivity contribution in [1.82, 2.24) is 25.4 Å². The third kappa shape index (κ3) is 2.11. The maximum Gasteiger partial charge on any atom is 0.266 e. The van der Waals surface area contributed by atoms with Crippen LogP contribution in [0.3, 0.4) is 0 Å². The number of carbonyl (C=O) groups excluding carboxylic acids is 1. The highest BCUT2D eigenvalue weighted by Gasteiger charge is 2.22. The lowest BCUT2D eigenvalue weighted by molar-refractivity contribution is 0.102. The highest BCUT2D eigenvalue weighted by molar-refractivity contribution is 6.06. The van der Waals surface area contributed by atoms with E-state index in [0.717, 1.165) is 35.1 Å². The number of aromatic nitrogens is 5. The predicted molar refractivity (Wildman–Crippen MR) is 92.7 cm³/mol. The number of aromatic amines is 4. The predicted octanol–water partition coefficient (Wildman–Crippen LogP) is 1.93. The standard InChI is InChI=1S/C17H14N6O2/c24-14-6-13(21-22-14)20-17(25)8-2-4-12-11(5-8)10-3-1-9-7-18-23-15(9)16(10)19-12/h2,4-7,19H,1,3H2,(H,18,23)(H3,20,21,22,24,25). The van der Waals surface area contributed by atoms with Crippen molar-refractivity contribution in [2.24, 2.45) is 0 Å². The van der Waals surface area contributed by atoms with Gasteiger partial charge in [-0.15, -0.1) is 0 Å². The van der Waals surface area contributed by atoms with E-state index in [1.165, 1.54) is 17.2 Å². The van der Waals surface area contributed by atoms with E-state index < -0.39 is 0 Å². The number of carbonyl (C=O) groups is 1. The summed E-state index contributed by atoms with van der Waals surface area (Å²) in [7, 11) is 0. The minimum absolute atomic E-state index is 0.273. The Morgan fingerprint density at radius 2 is 2.04 bits per heavy atom. The van der Waals surface area contributed by atoms with Crippen molar-refractivity contribution >= 4 is 22.6 Å². The van der Waals surface area contributed by atoms with Gasteiger partial charge in [-0.3, -0.25) is 24.9 Å². The molecule has 8 heteroatoms. The van der Waals surface area contributed by atoms with Gasteiger partial charge in [-0.1, -0.05) is 0 Å². The monoisotopic (exact) mass is 334 g/mol. The van der Waals surface area contributed by atoms with Crippen molar-refractivity contribution in [2.75, 3.05) is 5.32 Å². The number of hydrogen-bond donors (Lipinski definition) is 5. The molecular formula is C17H14N6O2. The Morgan fingerprint density at radius 1 is 1.12 bits per heavy atom. The summed E-state index contributed by atoms with van der Waals surface area (Å²) >= 11 is 0. The van der Waals surface area contributed by atoms with Gasteiger partial charge in [-0.05, 0) is 42.2 Å². The van der Waals surface area contributed by atoms with E-state index in [9.17, 15) is 9.59 Å². The van der Waals surface area contributed by atoms with Crippen molar-refractivity contribution in [2.45, 2.75) is 12.8 Å². The summed E-state index contributed by atoms with van der Waals surface area (Å²) in [5.74, 6) is 0.0680. The van der Waals surface area contributed by atoms with Crippen LogP contribution in [0.4, 0.5) is 5.82 Å². The molecule has 1 aliphatic rings. The van der Waals surface area contributed by atoms with Gasteiger partial charge >= 0.3 is 0 Å². The molecule has 0 spiro atoms. The van der Waals surface area contributed by atoms with Gasteiger partial charge in [0.2, 0.25) is 0 Å². The third-order valence-electron chi connectivity index (χ3n) is 4.62. The Balaban J connectivity index is 1.56. The summed E-state index contributed by atoms with van der Waals surface area (Å²) in [6.45, 7) is 0. The lowest BCUT2D eigenvalue weighted by Crippen LogP contribution is -2.12. The van der Waals surface area contributed by atoms with Gasteiger partial charge in [-0.2, -0.15) is 5.10 Å². The minimum Gasteiger partial charge on any atom is -0.353 e. The molecule has 1 aromatic carbocycles. The van der Waals surface area contributed by atoms with Crippen LogP contribution in [0.1, 0.15) is 21.5 Å². The van der Waals surface area contributed by atoms with E-state index in [0.29, 0.717) is 11.4 Å². The van der Waals surface area contributed by atoms with E-state index in [4.69, 9.17) is 0 Å². The van der Waals surface area contributed by atoms with Gasteiger partial charge in [0.05, 0.1) is 17.6 Å². The molecule has 0 unspecified atom stereocenters. The van der Waals surface area contributed by atoms with Crippen LogP contribution in [0, 0.1) is 0 Å². The Bertz CT molecular complexity index is 1180. The first-order valence-corrected chi connectivity index (χ1v) is 7.95. The number of H-pyrrole nitrogens is 4. The molecule has 0 atom stereocenters. The van der Waals surface area contributed by atoms with Gasteiger partial charge < -0.3 is 10.3 Å². The molecule has 0 fully saturated rings. The molecule has 1 aliphatic carbocycles. The van der Waals surface area contributed by atoms with Crippen LogP contribution in [-0.2, 0) is 12.8 Å². The maximum absolute atomic E-state index is 12.4. The van der Waals surface area contributed by atoms with Crippen LogP contribution in [0.25, 0.3) is 22.3 Å². The molecule has 3 aromatic heterocycles. The molecule has 25 heavy (non-hydrogen) atoms. The quantitative estimate of drug-likeness (QED) is 0.385. The van der Waals surface area contributed by atoms with E-state index >= 15 is 0 Å². The minimum atomic E-state index is -0.291. The summed E-state index contributed by atoms with van der Waals surface area (Å²) in [4.78, 5) is 27.0. The summed E-state index contributed by atoms with van der Waals surface area (Å²) in [5.41, 5.74) is 5.69. The second kappa shape index (κ2) is 4.97. The number of benzene rings is 1. The fourth-order valence-corrected chi connectivity index (χ4v) is 3.43. The summed E-state index contributed by atoms with van der Waals surface area (Å²) in [6, 6.07) is 6.84. The molecule has 8 nitrogen and oxygen atoms in total. The average Bonchev–Trinajstić information content (AvgIpc) is 3.31. The van der Waals surface area contributed by atoms with Crippen LogP contribution in [0.2, 0.25) is 0 Å². The normalized spacial score (nSPS) is 12.8. The molecule has 5 rings (SSSR count). The Morgan fingerprint density at radius 3 is 2.88 bits per heavy atom. The molecule has 4 aromatic rings. The van der Waals surface area contributed by atoms with Crippen molar-refractivity contribution in [3.8, 4) is 11.4 Å². The molecule has 0 saturated carbocycles. The second-order valence-corrected chi connectivity index (χ2v) is 6.14. The summed E-state index contributed by atoms with van der Waals surface area (Å²) < 4.78 is 0. The van der Waals surface area contributed by atoms with Crippen molar-refractivity contribution in [1.29, 1.82) is 0 Å². The maximum atomic E-state index is 12.4. The average molecular weight is 334 g/mol. The lowest BCUT2D eigenvalue weighted by atomic mass is 9.93. The largest absolute Gasteiger partial charge is 0.353 e. The van der Waals surface area contributed by atoms with Crippen LogP contribution in [0.15, 0.2) is 35.3 Å². The van der Waals surface area contributed by atoms with Crippen molar-refractivity contribution in [3.05, 3.63) is 57.5 Å². The Kier molecular flexibility index (Phi) is 2.75.